The first-order chi connectivity index (χ1) is 9.48. The number of nitro groups is 1. The van der Waals surface area contributed by atoms with Gasteiger partial charge in [0.15, 0.2) is 0 Å². The number of nitro benzene ring substituents is 1. The van der Waals surface area contributed by atoms with Crippen molar-refractivity contribution in [3.8, 4) is 0 Å². The zero-order valence-corrected chi connectivity index (χ0v) is 11.5. The second kappa shape index (κ2) is 5.58. The van der Waals surface area contributed by atoms with E-state index in [4.69, 9.17) is 5.73 Å². The first-order valence-electron chi connectivity index (χ1n) is 6.75. The molecule has 0 radical (unpaired) electrons. The molecule has 108 valence electrons. The fourth-order valence-electron chi connectivity index (χ4n) is 2.72. The average Bonchev–Trinajstić information content (AvgIpc) is 2.90. The highest BCUT2D eigenvalue weighted by atomic mass is 16.6. The van der Waals surface area contributed by atoms with Gasteiger partial charge in [0.25, 0.3) is 5.69 Å². The number of anilines is 1. The van der Waals surface area contributed by atoms with Crippen molar-refractivity contribution in [1.82, 2.24) is 0 Å². The fourth-order valence-corrected chi connectivity index (χ4v) is 2.72. The standard InChI is InChI=1S/C14H19N3O3/c1-10-4-5-11(8-12(10)17(19)20)16-13(18)14(9-15)6-2-3-7-14/h4-5,8H,2-3,6-7,9,15H2,1H3,(H,16,18). The Morgan fingerprint density at radius 2 is 2.10 bits per heavy atom. The Bertz CT molecular complexity index is 536. The Hall–Kier alpha value is -1.95. The number of nitrogens with two attached hydrogens (primary N) is 1. The maximum atomic E-state index is 12.4. The van der Waals surface area contributed by atoms with Crippen LogP contribution in [0.15, 0.2) is 18.2 Å². The molecule has 1 aliphatic rings. The third kappa shape index (κ3) is 2.65. The van der Waals surface area contributed by atoms with Gasteiger partial charge < -0.3 is 11.1 Å². The second-order valence-electron chi connectivity index (χ2n) is 5.40. The van der Waals surface area contributed by atoms with Crippen molar-refractivity contribution in [3.63, 3.8) is 0 Å². The lowest BCUT2D eigenvalue weighted by molar-refractivity contribution is -0.385. The maximum absolute atomic E-state index is 12.4. The molecule has 1 fully saturated rings. The van der Waals surface area contributed by atoms with Crippen LogP contribution in [-0.4, -0.2) is 17.4 Å². The number of hydrogen-bond acceptors (Lipinski definition) is 4. The molecule has 1 aliphatic carbocycles. The molecule has 0 atom stereocenters. The van der Waals surface area contributed by atoms with Crippen LogP contribution in [-0.2, 0) is 4.79 Å². The number of amides is 1. The van der Waals surface area contributed by atoms with E-state index in [0.29, 0.717) is 17.8 Å². The Labute approximate surface area is 117 Å². The molecular formula is C14H19N3O3. The van der Waals surface area contributed by atoms with Crippen LogP contribution in [0.3, 0.4) is 0 Å². The zero-order chi connectivity index (χ0) is 14.8. The molecule has 1 aromatic rings. The molecule has 0 saturated heterocycles. The Balaban J connectivity index is 2.19. The van der Waals surface area contributed by atoms with E-state index < -0.39 is 10.3 Å². The van der Waals surface area contributed by atoms with Crippen molar-refractivity contribution in [1.29, 1.82) is 0 Å². The predicted octanol–water partition coefficient (Wildman–Crippen LogP) is 2.36. The lowest BCUT2D eigenvalue weighted by Gasteiger charge is -2.25. The number of hydrogen-bond donors (Lipinski definition) is 2. The van der Waals surface area contributed by atoms with E-state index in [2.05, 4.69) is 5.32 Å². The van der Waals surface area contributed by atoms with E-state index in [0.717, 1.165) is 25.7 Å². The van der Waals surface area contributed by atoms with Crippen LogP contribution >= 0.6 is 0 Å². The number of nitrogens with one attached hydrogen (secondary N) is 1. The van der Waals surface area contributed by atoms with Crippen LogP contribution in [0.25, 0.3) is 0 Å². The SMILES string of the molecule is Cc1ccc(NC(=O)C2(CN)CCCC2)cc1[N+](=O)[O-]. The summed E-state index contributed by atoms with van der Waals surface area (Å²) in [5.41, 5.74) is 6.28. The normalized spacial score (nSPS) is 16.9. The minimum atomic E-state index is -0.514. The van der Waals surface area contributed by atoms with Crippen molar-refractivity contribution >= 4 is 17.3 Å². The van der Waals surface area contributed by atoms with E-state index in [1.165, 1.54) is 6.07 Å². The predicted molar refractivity (Wildman–Crippen MR) is 76.4 cm³/mol. The van der Waals surface area contributed by atoms with Crippen molar-refractivity contribution < 1.29 is 9.72 Å². The maximum Gasteiger partial charge on any atom is 0.274 e. The van der Waals surface area contributed by atoms with Crippen molar-refractivity contribution in [2.45, 2.75) is 32.6 Å². The quantitative estimate of drug-likeness (QED) is 0.652. The summed E-state index contributed by atoms with van der Waals surface area (Å²) in [5.74, 6) is -0.129. The van der Waals surface area contributed by atoms with Crippen LogP contribution in [0.5, 0.6) is 0 Å². The van der Waals surface area contributed by atoms with E-state index in [1.54, 1.807) is 19.1 Å². The Morgan fingerprint density at radius 1 is 1.45 bits per heavy atom. The molecule has 0 bridgehead atoms. The van der Waals surface area contributed by atoms with Crippen LogP contribution in [0.2, 0.25) is 0 Å². The highest BCUT2D eigenvalue weighted by Gasteiger charge is 2.39. The third-order valence-electron chi connectivity index (χ3n) is 4.10. The number of nitrogens with zero attached hydrogens (tertiary/aromatic N) is 1. The third-order valence-corrected chi connectivity index (χ3v) is 4.10. The lowest BCUT2D eigenvalue weighted by Crippen LogP contribution is -2.40. The molecule has 1 amide bonds. The molecule has 1 saturated carbocycles. The molecule has 0 aliphatic heterocycles. The van der Waals surface area contributed by atoms with E-state index in [1.807, 2.05) is 0 Å². The van der Waals surface area contributed by atoms with Crippen LogP contribution in [0.1, 0.15) is 31.2 Å². The number of aryl methyl sites for hydroxylation is 1. The molecule has 6 nitrogen and oxygen atoms in total. The number of carbonyl (C=O) groups excluding carboxylic acids is 1. The van der Waals surface area contributed by atoms with Gasteiger partial charge in [-0.1, -0.05) is 18.9 Å². The van der Waals surface area contributed by atoms with E-state index in [-0.39, 0.29) is 11.6 Å². The fraction of sp³-hybridized carbons (Fsp3) is 0.500. The minimum absolute atomic E-state index is 0.0102. The van der Waals surface area contributed by atoms with Gasteiger partial charge in [-0.25, -0.2) is 0 Å². The Morgan fingerprint density at radius 3 is 2.65 bits per heavy atom. The second-order valence-corrected chi connectivity index (χ2v) is 5.40. The topological polar surface area (TPSA) is 98.3 Å². The highest BCUT2D eigenvalue weighted by Crippen LogP contribution is 2.38. The summed E-state index contributed by atoms with van der Waals surface area (Å²) in [7, 11) is 0. The smallest absolute Gasteiger partial charge is 0.274 e. The lowest BCUT2D eigenvalue weighted by atomic mass is 9.85. The van der Waals surface area contributed by atoms with Gasteiger partial charge in [0.2, 0.25) is 5.91 Å². The van der Waals surface area contributed by atoms with Gasteiger partial charge in [0.05, 0.1) is 10.3 Å². The molecule has 0 unspecified atom stereocenters. The van der Waals surface area contributed by atoms with Crippen molar-refractivity contribution in [2.75, 3.05) is 11.9 Å². The molecule has 0 aromatic heterocycles. The Kier molecular flexibility index (Phi) is 4.04. The van der Waals surface area contributed by atoms with Crippen molar-refractivity contribution in [2.24, 2.45) is 11.1 Å². The molecule has 3 N–H and O–H groups in total. The van der Waals surface area contributed by atoms with Crippen molar-refractivity contribution in [3.05, 3.63) is 33.9 Å². The first kappa shape index (κ1) is 14.5. The minimum Gasteiger partial charge on any atom is -0.329 e. The molecule has 0 spiro atoms. The summed E-state index contributed by atoms with van der Waals surface area (Å²) in [6.45, 7) is 1.98. The number of benzene rings is 1. The van der Waals surface area contributed by atoms with Crippen LogP contribution in [0.4, 0.5) is 11.4 Å². The van der Waals surface area contributed by atoms with Gasteiger partial charge in [-0.3, -0.25) is 14.9 Å². The molecule has 1 aromatic carbocycles. The van der Waals surface area contributed by atoms with Gasteiger partial charge in [-0.15, -0.1) is 0 Å². The summed E-state index contributed by atoms with van der Waals surface area (Å²) < 4.78 is 0. The molecule has 0 heterocycles. The summed E-state index contributed by atoms with van der Waals surface area (Å²) in [5, 5.41) is 13.7. The monoisotopic (exact) mass is 277 g/mol. The largest absolute Gasteiger partial charge is 0.329 e. The zero-order valence-electron chi connectivity index (χ0n) is 11.5. The van der Waals surface area contributed by atoms with Gasteiger partial charge in [0.1, 0.15) is 0 Å². The van der Waals surface area contributed by atoms with Crippen LogP contribution < -0.4 is 11.1 Å². The number of carbonyl (C=O) groups is 1. The van der Waals surface area contributed by atoms with Gasteiger partial charge in [-0.05, 0) is 25.8 Å². The molecular weight excluding hydrogens is 258 g/mol. The summed E-state index contributed by atoms with van der Waals surface area (Å²) in [6.07, 6.45) is 3.56. The van der Waals surface area contributed by atoms with Gasteiger partial charge in [-0.2, -0.15) is 0 Å². The van der Waals surface area contributed by atoms with Crippen LogP contribution in [0, 0.1) is 22.5 Å². The van der Waals surface area contributed by atoms with E-state index >= 15 is 0 Å². The summed E-state index contributed by atoms with van der Waals surface area (Å²) >= 11 is 0. The summed E-state index contributed by atoms with van der Waals surface area (Å²) in [6, 6.07) is 4.71. The molecule has 6 heteroatoms. The molecule has 2 rings (SSSR count). The highest BCUT2D eigenvalue weighted by molar-refractivity contribution is 5.96. The summed E-state index contributed by atoms with van der Waals surface area (Å²) in [4.78, 5) is 22.8. The molecule has 20 heavy (non-hydrogen) atoms. The van der Waals surface area contributed by atoms with E-state index in [9.17, 15) is 14.9 Å². The average molecular weight is 277 g/mol. The van der Waals surface area contributed by atoms with Gasteiger partial charge >= 0.3 is 0 Å². The van der Waals surface area contributed by atoms with Gasteiger partial charge in [0, 0.05) is 23.9 Å². The number of rotatable bonds is 4. The first-order valence-corrected chi connectivity index (χ1v) is 6.75.